The molecule has 0 aliphatic carbocycles. The fraction of sp³-hybridized carbons (Fsp3) is 0.656. The van der Waals surface area contributed by atoms with E-state index in [1.54, 1.807) is 30.7 Å². The lowest BCUT2D eigenvalue weighted by Gasteiger charge is -2.36. The molecule has 0 radical (unpaired) electrons. The average Bonchev–Trinajstić information content (AvgIpc) is 3.58. The number of pyridine rings is 1. The van der Waals surface area contributed by atoms with Gasteiger partial charge in [0.25, 0.3) is 0 Å². The number of unbranched alkanes of at least 4 members (excludes halogenated alkanes) is 1. The van der Waals surface area contributed by atoms with Crippen molar-refractivity contribution < 1.29 is 28.6 Å². The van der Waals surface area contributed by atoms with Crippen molar-refractivity contribution in [3.05, 3.63) is 37.1 Å². The van der Waals surface area contributed by atoms with Crippen molar-refractivity contribution in [2.75, 3.05) is 26.9 Å². The van der Waals surface area contributed by atoms with Gasteiger partial charge in [-0.1, -0.05) is 27.7 Å². The van der Waals surface area contributed by atoms with Crippen LogP contribution in [-0.2, 0) is 30.3 Å². The van der Waals surface area contributed by atoms with Gasteiger partial charge in [-0.05, 0) is 44.7 Å². The van der Waals surface area contributed by atoms with E-state index in [0.717, 1.165) is 30.6 Å². The number of methoxy groups -OCH3 is 1. The molecule has 4 rings (SSSR count). The molecule has 2 aliphatic rings. The Bertz CT molecular complexity index is 1220. The van der Waals surface area contributed by atoms with Gasteiger partial charge < -0.3 is 23.7 Å². The minimum atomic E-state index is -0.625. The van der Waals surface area contributed by atoms with E-state index in [1.807, 2.05) is 57.5 Å². The van der Waals surface area contributed by atoms with Crippen molar-refractivity contribution >= 4 is 17.7 Å². The third kappa shape index (κ3) is 7.45. The number of carbonyl (C=O) groups is 3. The number of hydrogen-bond donors (Lipinski definition) is 0. The second kappa shape index (κ2) is 13.9. The molecule has 0 spiro atoms. The second-order valence-electron chi connectivity index (χ2n) is 12.4. The molecule has 2 aromatic heterocycles. The Morgan fingerprint density at radius 1 is 1.00 bits per heavy atom. The molecule has 0 N–H and O–H groups in total. The van der Waals surface area contributed by atoms with Gasteiger partial charge in [-0.15, -0.1) is 0 Å². The highest BCUT2D eigenvalue weighted by molar-refractivity contribution is 5.85. The summed E-state index contributed by atoms with van der Waals surface area (Å²) < 4.78 is 19.6. The summed E-state index contributed by atoms with van der Waals surface area (Å²) in [7, 11) is 1.64. The molecule has 0 bridgehead atoms. The van der Waals surface area contributed by atoms with Crippen molar-refractivity contribution in [3.63, 3.8) is 0 Å². The van der Waals surface area contributed by atoms with Crippen LogP contribution in [0, 0.1) is 23.7 Å². The SMILES string of the molecule is CO[C@@]1(C)C[C@@H](C)C(=O)C(C)COCC2OC(=O)N(CCCCn3cnc(-c4cccnc4)c3)C2C(C)C(=O)[C@H](C)C1. The normalized spacial score (nSPS) is 31.5. The van der Waals surface area contributed by atoms with E-state index in [1.165, 1.54) is 0 Å². The minimum Gasteiger partial charge on any atom is -0.441 e. The van der Waals surface area contributed by atoms with Crippen LogP contribution in [0.4, 0.5) is 4.79 Å². The highest BCUT2D eigenvalue weighted by Gasteiger charge is 2.48. The summed E-state index contributed by atoms with van der Waals surface area (Å²) in [5.74, 6) is -1.13. The number of nitrogens with zero attached hydrogens (tertiary/aromatic N) is 4. The Morgan fingerprint density at radius 2 is 1.71 bits per heavy atom. The van der Waals surface area contributed by atoms with E-state index in [-0.39, 0.29) is 42.5 Å². The van der Waals surface area contributed by atoms with Gasteiger partial charge in [0.2, 0.25) is 0 Å². The van der Waals surface area contributed by atoms with Crippen LogP contribution in [0.15, 0.2) is 37.1 Å². The number of ketones is 2. The van der Waals surface area contributed by atoms with Gasteiger partial charge in [0.15, 0.2) is 0 Å². The lowest BCUT2D eigenvalue weighted by molar-refractivity contribution is -0.135. The maximum Gasteiger partial charge on any atom is 0.410 e. The van der Waals surface area contributed by atoms with Crippen LogP contribution in [-0.4, -0.2) is 81.7 Å². The van der Waals surface area contributed by atoms with Gasteiger partial charge in [0, 0.05) is 68.0 Å². The average molecular weight is 583 g/mol. The summed E-state index contributed by atoms with van der Waals surface area (Å²) in [4.78, 5) is 50.3. The molecule has 0 saturated carbocycles. The molecule has 2 fully saturated rings. The summed E-state index contributed by atoms with van der Waals surface area (Å²) in [6, 6.07) is 3.42. The molecule has 4 unspecified atom stereocenters. The number of fused-ring (bicyclic) bond motifs is 1. The van der Waals surface area contributed by atoms with Crippen LogP contribution in [0.25, 0.3) is 11.3 Å². The summed E-state index contributed by atoms with van der Waals surface area (Å²) in [5.41, 5.74) is 1.20. The Hall–Kier alpha value is -3.11. The Labute approximate surface area is 249 Å². The molecule has 1 amide bonds. The number of imidazole rings is 1. The van der Waals surface area contributed by atoms with Crippen LogP contribution in [0.3, 0.4) is 0 Å². The monoisotopic (exact) mass is 582 g/mol. The first-order chi connectivity index (χ1) is 20.0. The van der Waals surface area contributed by atoms with Gasteiger partial charge >= 0.3 is 6.09 Å². The number of amides is 1. The molecule has 2 aromatic rings. The third-order valence-corrected chi connectivity index (χ3v) is 8.92. The van der Waals surface area contributed by atoms with Crippen LogP contribution < -0.4 is 0 Å². The zero-order valence-corrected chi connectivity index (χ0v) is 25.8. The Balaban J connectivity index is 1.44. The van der Waals surface area contributed by atoms with E-state index in [0.29, 0.717) is 19.4 Å². The predicted molar refractivity (Wildman–Crippen MR) is 158 cm³/mol. The summed E-state index contributed by atoms with van der Waals surface area (Å²) in [6.45, 7) is 11.2. The molecular weight excluding hydrogens is 536 g/mol. The first-order valence-electron chi connectivity index (χ1n) is 15.1. The molecule has 7 atom stereocenters. The first-order valence-corrected chi connectivity index (χ1v) is 15.1. The summed E-state index contributed by atoms with van der Waals surface area (Å²) in [5, 5.41) is 0. The highest BCUT2D eigenvalue weighted by atomic mass is 16.6. The molecular formula is C32H46N4O6. The molecule has 0 aromatic carbocycles. The van der Waals surface area contributed by atoms with E-state index >= 15 is 0 Å². The molecule has 2 aliphatic heterocycles. The van der Waals surface area contributed by atoms with Crippen molar-refractivity contribution in [2.45, 2.75) is 84.6 Å². The number of rotatable bonds is 7. The van der Waals surface area contributed by atoms with Crippen LogP contribution in [0.1, 0.15) is 60.3 Å². The number of aromatic nitrogens is 3. The topological polar surface area (TPSA) is 113 Å². The van der Waals surface area contributed by atoms with Crippen LogP contribution in [0.2, 0.25) is 0 Å². The lowest BCUT2D eigenvalue weighted by Crippen LogP contribution is -2.48. The maximum absolute atomic E-state index is 13.8. The third-order valence-electron chi connectivity index (χ3n) is 8.92. The number of ether oxygens (including phenoxy) is 3. The first kappa shape index (κ1) is 31.8. The van der Waals surface area contributed by atoms with E-state index in [9.17, 15) is 14.4 Å². The van der Waals surface area contributed by atoms with E-state index < -0.39 is 29.8 Å². The zero-order valence-electron chi connectivity index (χ0n) is 25.8. The van der Waals surface area contributed by atoms with E-state index in [4.69, 9.17) is 14.2 Å². The van der Waals surface area contributed by atoms with Gasteiger partial charge in [-0.25, -0.2) is 9.78 Å². The number of Topliss-reactive ketones (excluding diaryl/α,β-unsaturated/α-hetero) is 2. The van der Waals surface area contributed by atoms with Gasteiger partial charge in [-0.3, -0.25) is 14.6 Å². The quantitative estimate of drug-likeness (QED) is 0.428. The van der Waals surface area contributed by atoms with Crippen molar-refractivity contribution in [1.82, 2.24) is 19.4 Å². The number of carbonyl (C=O) groups excluding carboxylic acids is 3. The molecule has 10 heteroatoms. The molecule has 42 heavy (non-hydrogen) atoms. The van der Waals surface area contributed by atoms with Crippen LogP contribution >= 0.6 is 0 Å². The fourth-order valence-corrected chi connectivity index (χ4v) is 6.57. The van der Waals surface area contributed by atoms with Crippen LogP contribution in [0.5, 0.6) is 0 Å². The van der Waals surface area contributed by atoms with Gasteiger partial charge in [-0.2, -0.15) is 0 Å². The Kier molecular flexibility index (Phi) is 10.5. The largest absolute Gasteiger partial charge is 0.441 e. The second-order valence-corrected chi connectivity index (χ2v) is 12.4. The standard InChI is InChI=1S/C32H46N4O6/c1-21-14-32(5,40-6)15-22(2)30(38)24(4)28-27(19-41-18-23(3)29(21)37)42-31(39)36(28)13-8-7-12-35-17-26(34-20-35)25-10-9-11-33-16-25/h9-11,16-17,20-24,27-28H,7-8,12-15,18-19H2,1-6H3/t21-,22-,23?,24?,27?,28?,32+/m1/s1. The molecule has 10 nitrogen and oxygen atoms in total. The van der Waals surface area contributed by atoms with Crippen molar-refractivity contribution in [1.29, 1.82) is 0 Å². The highest BCUT2D eigenvalue weighted by Crippen LogP contribution is 2.34. The smallest absolute Gasteiger partial charge is 0.410 e. The number of aryl methyl sites for hydroxylation is 1. The van der Waals surface area contributed by atoms with Gasteiger partial charge in [0.05, 0.1) is 36.9 Å². The molecule has 2 saturated heterocycles. The van der Waals surface area contributed by atoms with Gasteiger partial charge in [0.1, 0.15) is 17.7 Å². The summed E-state index contributed by atoms with van der Waals surface area (Å²) >= 11 is 0. The Morgan fingerprint density at radius 3 is 2.40 bits per heavy atom. The summed E-state index contributed by atoms with van der Waals surface area (Å²) in [6.07, 6.45) is 8.89. The number of hydrogen-bond acceptors (Lipinski definition) is 8. The zero-order chi connectivity index (χ0) is 30.4. The van der Waals surface area contributed by atoms with Crippen molar-refractivity contribution in [3.8, 4) is 11.3 Å². The minimum absolute atomic E-state index is 0.0577. The fourth-order valence-electron chi connectivity index (χ4n) is 6.57. The van der Waals surface area contributed by atoms with E-state index in [2.05, 4.69) is 9.97 Å². The molecule has 230 valence electrons. The lowest BCUT2D eigenvalue weighted by atomic mass is 9.77. The maximum atomic E-state index is 13.8. The molecule has 4 heterocycles. The predicted octanol–water partition coefficient (Wildman–Crippen LogP) is 4.81. The van der Waals surface area contributed by atoms with Crippen molar-refractivity contribution in [2.24, 2.45) is 23.7 Å².